The van der Waals surface area contributed by atoms with Crippen molar-refractivity contribution >= 4 is 29.2 Å². The summed E-state index contributed by atoms with van der Waals surface area (Å²) >= 11 is 6.02. The Kier molecular flexibility index (Phi) is 3.42. The van der Waals surface area contributed by atoms with Gasteiger partial charge in [-0.1, -0.05) is 23.7 Å². The largest absolute Gasteiger partial charge is 0.481 e. The number of halogens is 1. The van der Waals surface area contributed by atoms with Gasteiger partial charge in [0.2, 0.25) is 5.91 Å². The lowest BCUT2D eigenvalue weighted by atomic mass is 9.78. The van der Waals surface area contributed by atoms with Crippen LogP contribution >= 0.6 is 11.6 Å². The first-order chi connectivity index (χ1) is 9.58. The molecule has 2 aliphatic rings. The minimum atomic E-state index is -0.850. The van der Waals surface area contributed by atoms with Gasteiger partial charge in [-0.05, 0) is 43.2 Å². The van der Waals surface area contributed by atoms with Gasteiger partial charge < -0.3 is 10.4 Å². The van der Waals surface area contributed by atoms with E-state index in [1.165, 1.54) is 0 Å². The Labute approximate surface area is 122 Å². The average molecular weight is 294 g/mol. The topological polar surface area (TPSA) is 66.4 Å². The van der Waals surface area contributed by atoms with Crippen LogP contribution in [-0.2, 0) is 9.59 Å². The second-order valence-electron chi connectivity index (χ2n) is 5.69. The molecular formula is C15H16ClNO3. The molecule has 0 saturated heterocycles. The molecule has 4 unspecified atom stereocenters. The molecule has 20 heavy (non-hydrogen) atoms. The van der Waals surface area contributed by atoms with Gasteiger partial charge in [0.15, 0.2) is 0 Å². The summed E-state index contributed by atoms with van der Waals surface area (Å²) in [4.78, 5) is 23.9. The Hall–Kier alpha value is -1.55. The number of carbonyl (C=O) groups excluding carboxylic acids is 1. The van der Waals surface area contributed by atoms with Crippen molar-refractivity contribution in [2.24, 2.45) is 23.7 Å². The summed E-state index contributed by atoms with van der Waals surface area (Å²) in [6, 6.07) is 7.00. The predicted octanol–water partition coefficient (Wildman–Crippen LogP) is 3.03. The fraction of sp³-hybridized carbons (Fsp3) is 0.467. The number of rotatable bonds is 3. The molecule has 0 aromatic heterocycles. The highest BCUT2D eigenvalue weighted by Crippen LogP contribution is 2.52. The zero-order chi connectivity index (χ0) is 14.3. The van der Waals surface area contributed by atoms with E-state index in [1.807, 2.05) is 0 Å². The maximum atomic E-state index is 12.4. The van der Waals surface area contributed by atoms with E-state index in [-0.39, 0.29) is 17.7 Å². The van der Waals surface area contributed by atoms with E-state index in [2.05, 4.69) is 5.32 Å². The van der Waals surface area contributed by atoms with E-state index in [9.17, 15) is 14.7 Å². The van der Waals surface area contributed by atoms with Gasteiger partial charge in [0.25, 0.3) is 0 Å². The fourth-order valence-electron chi connectivity index (χ4n) is 3.80. The van der Waals surface area contributed by atoms with Gasteiger partial charge in [-0.15, -0.1) is 0 Å². The van der Waals surface area contributed by atoms with Crippen LogP contribution in [0.15, 0.2) is 24.3 Å². The highest BCUT2D eigenvalue weighted by molar-refractivity contribution is 6.33. The third-order valence-electron chi connectivity index (χ3n) is 4.64. The summed E-state index contributed by atoms with van der Waals surface area (Å²) in [5, 5.41) is 12.6. The maximum absolute atomic E-state index is 12.4. The van der Waals surface area contributed by atoms with Crippen LogP contribution in [0.4, 0.5) is 5.69 Å². The maximum Gasteiger partial charge on any atom is 0.307 e. The van der Waals surface area contributed by atoms with Crippen molar-refractivity contribution in [3.8, 4) is 0 Å². The van der Waals surface area contributed by atoms with Gasteiger partial charge in [-0.3, -0.25) is 9.59 Å². The molecule has 0 aliphatic heterocycles. The summed E-state index contributed by atoms with van der Waals surface area (Å²) in [6.07, 6.45) is 2.74. The van der Waals surface area contributed by atoms with Crippen LogP contribution in [0.5, 0.6) is 0 Å². The standard InChI is InChI=1S/C15H16ClNO3/c16-10-3-1-2-4-11(10)17-14(18)12-8-5-6-9(7-8)13(12)15(19)20/h1-4,8-9,12-13H,5-7H2,(H,17,18)(H,19,20). The van der Waals surface area contributed by atoms with Crippen LogP contribution in [0.2, 0.25) is 5.02 Å². The van der Waals surface area contributed by atoms with Crippen LogP contribution in [0.3, 0.4) is 0 Å². The van der Waals surface area contributed by atoms with Gasteiger partial charge in [0.05, 0.1) is 22.5 Å². The molecule has 2 bridgehead atoms. The van der Waals surface area contributed by atoms with E-state index in [4.69, 9.17) is 11.6 Å². The molecule has 1 aromatic carbocycles. The number of carboxylic acid groups (broad SMARTS) is 1. The van der Waals surface area contributed by atoms with Crippen LogP contribution < -0.4 is 5.32 Å². The average Bonchev–Trinajstić information content (AvgIpc) is 3.01. The number of hydrogen-bond acceptors (Lipinski definition) is 2. The summed E-state index contributed by atoms with van der Waals surface area (Å²) < 4.78 is 0. The first-order valence-electron chi connectivity index (χ1n) is 6.86. The predicted molar refractivity (Wildman–Crippen MR) is 75.5 cm³/mol. The van der Waals surface area contributed by atoms with Crippen molar-refractivity contribution < 1.29 is 14.7 Å². The Morgan fingerprint density at radius 3 is 2.45 bits per heavy atom. The SMILES string of the molecule is O=C(O)C1C2CCC(C2)C1C(=O)Nc1ccccc1Cl. The summed E-state index contributed by atoms with van der Waals surface area (Å²) in [6.45, 7) is 0. The van der Waals surface area contributed by atoms with Crippen LogP contribution in [0.1, 0.15) is 19.3 Å². The molecular weight excluding hydrogens is 278 g/mol. The molecule has 0 radical (unpaired) electrons. The number of hydrogen-bond donors (Lipinski definition) is 2. The number of amides is 1. The molecule has 5 heteroatoms. The van der Waals surface area contributed by atoms with Crippen LogP contribution in [-0.4, -0.2) is 17.0 Å². The van der Waals surface area contributed by atoms with Gasteiger partial charge in [0.1, 0.15) is 0 Å². The Balaban J connectivity index is 1.80. The van der Waals surface area contributed by atoms with Gasteiger partial charge >= 0.3 is 5.97 Å². The number of carbonyl (C=O) groups is 2. The molecule has 4 nitrogen and oxygen atoms in total. The molecule has 2 saturated carbocycles. The number of fused-ring (bicyclic) bond motifs is 2. The summed E-state index contributed by atoms with van der Waals surface area (Å²) in [5.74, 6) is -1.68. The fourth-order valence-corrected chi connectivity index (χ4v) is 3.99. The number of nitrogens with one attached hydrogen (secondary N) is 1. The lowest BCUT2D eigenvalue weighted by Gasteiger charge is -2.27. The molecule has 4 atom stereocenters. The third-order valence-corrected chi connectivity index (χ3v) is 4.97. The number of para-hydroxylation sites is 1. The first-order valence-corrected chi connectivity index (χ1v) is 7.24. The summed E-state index contributed by atoms with van der Waals surface area (Å²) in [5.41, 5.74) is 0.547. The van der Waals surface area contributed by atoms with E-state index < -0.39 is 17.8 Å². The second kappa shape index (κ2) is 5.09. The third kappa shape index (κ3) is 2.18. The molecule has 2 N–H and O–H groups in total. The smallest absolute Gasteiger partial charge is 0.307 e. The Morgan fingerprint density at radius 2 is 1.80 bits per heavy atom. The molecule has 106 valence electrons. The van der Waals surface area contributed by atoms with Crippen molar-refractivity contribution in [1.82, 2.24) is 0 Å². The first kappa shape index (κ1) is 13.4. The quantitative estimate of drug-likeness (QED) is 0.900. The summed E-state index contributed by atoms with van der Waals surface area (Å²) in [7, 11) is 0. The number of benzene rings is 1. The molecule has 1 aromatic rings. The molecule has 3 rings (SSSR count). The van der Waals surface area contributed by atoms with Crippen molar-refractivity contribution in [3.05, 3.63) is 29.3 Å². The Morgan fingerprint density at radius 1 is 1.15 bits per heavy atom. The molecule has 0 heterocycles. The van der Waals surface area contributed by atoms with Gasteiger partial charge in [-0.25, -0.2) is 0 Å². The molecule has 2 aliphatic carbocycles. The van der Waals surface area contributed by atoms with E-state index >= 15 is 0 Å². The zero-order valence-electron chi connectivity index (χ0n) is 10.9. The number of anilines is 1. The van der Waals surface area contributed by atoms with Gasteiger partial charge in [0, 0.05) is 0 Å². The zero-order valence-corrected chi connectivity index (χ0v) is 11.6. The van der Waals surface area contributed by atoms with Crippen molar-refractivity contribution in [2.75, 3.05) is 5.32 Å². The number of aliphatic carboxylic acids is 1. The lowest BCUT2D eigenvalue weighted by molar-refractivity contribution is -0.148. The van der Waals surface area contributed by atoms with Crippen molar-refractivity contribution in [1.29, 1.82) is 0 Å². The number of carboxylic acids is 1. The molecule has 1 amide bonds. The highest BCUT2D eigenvalue weighted by atomic mass is 35.5. The molecule has 2 fully saturated rings. The minimum Gasteiger partial charge on any atom is -0.481 e. The van der Waals surface area contributed by atoms with E-state index in [0.717, 1.165) is 19.3 Å². The van der Waals surface area contributed by atoms with E-state index in [1.54, 1.807) is 24.3 Å². The normalized spacial score (nSPS) is 31.2. The monoisotopic (exact) mass is 293 g/mol. The lowest BCUT2D eigenvalue weighted by Crippen LogP contribution is -2.37. The minimum absolute atomic E-state index is 0.152. The van der Waals surface area contributed by atoms with Crippen molar-refractivity contribution in [2.45, 2.75) is 19.3 Å². The second-order valence-corrected chi connectivity index (χ2v) is 6.10. The van der Waals surface area contributed by atoms with Crippen LogP contribution in [0, 0.1) is 23.7 Å². The highest BCUT2D eigenvalue weighted by Gasteiger charge is 2.53. The van der Waals surface area contributed by atoms with Crippen molar-refractivity contribution in [3.63, 3.8) is 0 Å². The Bertz CT molecular complexity index is 560. The van der Waals surface area contributed by atoms with E-state index in [0.29, 0.717) is 10.7 Å². The molecule has 0 spiro atoms. The van der Waals surface area contributed by atoms with Gasteiger partial charge in [-0.2, -0.15) is 0 Å². The van der Waals surface area contributed by atoms with Crippen LogP contribution in [0.25, 0.3) is 0 Å².